The number of para-hydroxylation sites is 5. The molecule has 0 fully saturated rings. The van der Waals surface area contributed by atoms with Crippen molar-refractivity contribution in [2.45, 2.75) is 39.5 Å². The minimum Gasteiger partial charge on any atom is -0.491 e. The molecule has 0 saturated carbocycles. The molecule has 5 aromatic heterocycles. The van der Waals surface area contributed by atoms with E-state index in [0.29, 0.717) is 0 Å². The molecule has 13 rings (SSSR count). The number of hydrogen-bond acceptors (Lipinski definition) is 3. The average Bonchev–Trinajstić information content (AvgIpc) is 4.12. The van der Waals surface area contributed by atoms with Crippen LogP contribution >= 0.6 is 0 Å². The maximum atomic E-state index is 6.97. The molecule has 0 unspecified atom stereocenters. The van der Waals surface area contributed by atoms with Gasteiger partial charge in [-0.1, -0.05) is 148 Å². The van der Waals surface area contributed by atoms with Crippen LogP contribution in [0.3, 0.4) is 0 Å². The number of rotatable bonds is 6. The molecule has 8 aromatic carbocycles. The molecular weight excluding hydrogens is 985 g/mol. The van der Waals surface area contributed by atoms with Crippen molar-refractivity contribution in [2.75, 3.05) is 0 Å². The maximum Gasteiger partial charge on any atom is 0.123 e. The van der Waals surface area contributed by atoms with Crippen LogP contribution in [0, 0.1) is 12.1 Å². The SMILES string of the molecule is CC(C)c1cc(-c2ccccc2)cc(C(C)C)c1-n1c(-c2[c-]c3c4cccc5c6ccccc6n(c45)c3c3c2oc2ccccc23)nc2ccccc21.[Ir].[c-]1ccccc1-c1ccccn1. The van der Waals surface area contributed by atoms with E-state index >= 15 is 0 Å². The van der Waals surface area contributed by atoms with Crippen LogP contribution in [0.4, 0.5) is 0 Å². The third-order valence-electron chi connectivity index (χ3n) is 12.9. The van der Waals surface area contributed by atoms with Crippen LogP contribution in [-0.2, 0) is 20.1 Å². The Balaban J connectivity index is 0.000000322. The molecule has 0 amide bonds. The molecule has 5 heterocycles. The van der Waals surface area contributed by atoms with Crippen molar-refractivity contribution in [2.24, 2.45) is 0 Å². The van der Waals surface area contributed by atoms with E-state index in [0.717, 1.165) is 66.5 Å². The normalized spacial score (nSPS) is 11.8. The topological polar surface area (TPSA) is 48.3 Å². The van der Waals surface area contributed by atoms with E-state index in [2.05, 4.69) is 187 Å². The van der Waals surface area contributed by atoms with E-state index < -0.39 is 0 Å². The second kappa shape index (κ2) is 16.6. The van der Waals surface area contributed by atoms with Gasteiger partial charge in [-0.15, -0.1) is 42.0 Å². The molecule has 66 heavy (non-hydrogen) atoms. The van der Waals surface area contributed by atoms with Crippen LogP contribution in [-0.4, -0.2) is 18.9 Å². The molecule has 0 N–H and O–H groups in total. The van der Waals surface area contributed by atoms with E-state index in [1.807, 2.05) is 42.5 Å². The van der Waals surface area contributed by atoms with Gasteiger partial charge in [0.05, 0.1) is 22.4 Å². The van der Waals surface area contributed by atoms with Crippen LogP contribution in [0.15, 0.2) is 187 Å². The zero-order chi connectivity index (χ0) is 43.8. The van der Waals surface area contributed by atoms with Gasteiger partial charge in [0.2, 0.25) is 0 Å². The standard InChI is InChI=1S/C49H36N3O.C11H8N.Ir/c1-28(2)36-25-31(30-15-6-5-7-16-30)26-37(29(3)4)46(36)52-42-23-12-10-21-40(42)50-49(52)39-27-38-34-20-14-19-33-32-17-8-11-22-41(32)51(45(33)34)47(38)44-35-18-9-13-24-43(35)53-48(39)44;1-2-6-10(7-3-1)11-8-4-5-9-12-11;/h5-26,28-29H,1-4H3;1-6,8-9H;/q2*-1;. The predicted molar refractivity (Wildman–Crippen MR) is 269 cm³/mol. The molecule has 321 valence electrons. The van der Waals surface area contributed by atoms with Gasteiger partial charge in [0.25, 0.3) is 0 Å². The van der Waals surface area contributed by atoms with Gasteiger partial charge in [0.1, 0.15) is 5.58 Å². The van der Waals surface area contributed by atoms with Gasteiger partial charge in [-0.2, -0.15) is 0 Å². The number of imidazole rings is 1. The van der Waals surface area contributed by atoms with Crippen LogP contribution in [0.1, 0.15) is 50.7 Å². The molecule has 0 saturated heterocycles. The molecule has 13 aromatic rings. The van der Waals surface area contributed by atoms with Gasteiger partial charge in [-0.05, 0) is 98.7 Å². The molecular formula is C60H44IrN4O-2. The van der Waals surface area contributed by atoms with E-state index in [4.69, 9.17) is 9.40 Å². The zero-order valence-corrected chi connectivity index (χ0v) is 39.4. The Labute approximate surface area is 396 Å². The summed E-state index contributed by atoms with van der Waals surface area (Å²) in [5, 5.41) is 6.95. The number of fused-ring (bicyclic) bond motifs is 11. The summed E-state index contributed by atoms with van der Waals surface area (Å²) in [5.41, 5.74) is 16.3. The number of nitrogens with zero attached hydrogens (tertiary/aromatic N) is 4. The van der Waals surface area contributed by atoms with Crippen molar-refractivity contribution in [3.8, 4) is 39.5 Å². The molecule has 0 bridgehead atoms. The van der Waals surface area contributed by atoms with Gasteiger partial charge in [0, 0.05) is 59.2 Å². The van der Waals surface area contributed by atoms with E-state index in [9.17, 15) is 0 Å². The molecule has 1 radical (unpaired) electrons. The summed E-state index contributed by atoms with van der Waals surface area (Å²) in [6, 6.07) is 68.7. The Morgan fingerprint density at radius 2 is 1.24 bits per heavy atom. The Morgan fingerprint density at radius 1 is 0.576 bits per heavy atom. The van der Waals surface area contributed by atoms with Crippen LogP contribution in [0.2, 0.25) is 0 Å². The first-order valence-corrected chi connectivity index (χ1v) is 22.5. The molecule has 0 aliphatic heterocycles. The first-order chi connectivity index (χ1) is 31.9. The Kier molecular flexibility index (Phi) is 10.4. The molecule has 0 aliphatic rings. The van der Waals surface area contributed by atoms with Crippen LogP contribution < -0.4 is 0 Å². The van der Waals surface area contributed by atoms with Crippen molar-refractivity contribution in [1.29, 1.82) is 0 Å². The third-order valence-corrected chi connectivity index (χ3v) is 12.9. The van der Waals surface area contributed by atoms with E-state index in [1.54, 1.807) is 6.20 Å². The first-order valence-electron chi connectivity index (χ1n) is 22.5. The molecule has 0 aliphatic carbocycles. The van der Waals surface area contributed by atoms with Crippen molar-refractivity contribution in [1.82, 2.24) is 18.9 Å². The second-order valence-corrected chi connectivity index (χ2v) is 17.5. The van der Waals surface area contributed by atoms with Gasteiger partial charge in [0.15, 0.2) is 0 Å². The molecule has 0 spiro atoms. The average molecular weight is 1030 g/mol. The fraction of sp³-hybridized carbons (Fsp3) is 0.100. The van der Waals surface area contributed by atoms with Crippen molar-refractivity contribution in [3.05, 3.63) is 205 Å². The van der Waals surface area contributed by atoms with Crippen molar-refractivity contribution in [3.63, 3.8) is 0 Å². The smallest absolute Gasteiger partial charge is 0.123 e. The maximum absolute atomic E-state index is 6.97. The molecule has 6 heteroatoms. The van der Waals surface area contributed by atoms with Crippen LogP contribution in [0.25, 0.3) is 111 Å². The van der Waals surface area contributed by atoms with Crippen molar-refractivity contribution < 1.29 is 24.5 Å². The third kappa shape index (κ3) is 6.55. The first kappa shape index (κ1) is 41.3. The minimum absolute atomic E-state index is 0. The van der Waals surface area contributed by atoms with E-state index in [-0.39, 0.29) is 31.9 Å². The fourth-order valence-corrected chi connectivity index (χ4v) is 9.96. The Hall–Kier alpha value is -7.37. The number of aromatic nitrogens is 4. The monoisotopic (exact) mass is 1030 g/mol. The van der Waals surface area contributed by atoms with Gasteiger partial charge < -0.3 is 18.4 Å². The minimum atomic E-state index is 0. The fourth-order valence-electron chi connectivity index (χ4n) is 9.96. The van der Waals surface area contributed by atoms with E-state index in [1.165, 1.54) is 55.1 Å². The Morgan fingerprint density at radius 3 is 1.98 bits per heavy atom. The van der Waals surface area contributed by atoms with Crippen molar-refractivity contribution >= 4 is 71.1 Å². The number of benzene rings is 8. The number of pyridine rings is 1. The predicted octanol–water partition coefficient (Wildman–Crippen LogP) is 16.0. The van der Waals surface area contributed by atoms with Gasteiger partial charge >= 0.3 is 0 Å². The summed E-state index contributed by atoms with van der Waals surface area (Å²) in [6.45, 7) is 9.20. The summed E-state index contributed by atoms with van der Waals surface area (Å²) < 4.78 is 11.8. The van der Waals surface area contributed by atoms with Gasteiger partial charge in [-0.25, -0.2) is 0 Å². The second-order valence-electron chi connectivity index (χ2n) is 17.5. The molecule has 0 atom stereocenters. The van der Waals surface area contributed by atoms with Crippen LogP contribution in [0.5, 0.6) is 0 Å². The summed E-state index contributed by atoms with van der Waals surface area (Å²) >= 11 is 0. The molecule has 5 nitrogen and oxygen atoms in total. The summed E-state index contributed by atoms with van der Waals surface area (Å²) in [5.74, 6) is 1.35. The Bertz CT molecular complexity index is 3820. The number of hydrogen-bond donors (Lipinski definition) is 0. The number of furan rings is 1. The largest absolute Gasteiger partial charge is 0.491 e. The summed E-state index contributed by atoms with van der Waals surface area (Å²) in [6.07, 6.45) is 1.79. The zero-order valence-electron chi connectivity index (χ0n) is 37.0. The summed E-state index contributed by atoms with van der Waals surface area (Å²) in [7, 11) is 0. The quantitative estimate of drug-likeness (QED) is 0.156. The van der Waals surface area contributed by atoms with Gasteiger partial charge in [-0.3, -0.25) is 4.98 Å². The summed E-state index contributed by atoms with van der Waals surface area (Å²) in [4.78, 5) is 9.70.